The molecule has 0 atom stereocenters. The highest BCUT2D eigenvalue weighted by Gasteiger charge is 2.29. The Morgan fingerprint density at radius 3 is 2.75 bits per heavy atom. The van der Waals surface area contributed by atoms with Gasteiger partial charge in [0.2, 0.25) is 11.4 Å². The maximum atomic E-state index is 11.4. The third-order valence-electron chi connectivity index (χ3n) is 7.04. The highest BCUT2D eigenvalue weighted by atomic mass is 35.5. The lowest BCUT2D eigenvalue weighted by molar-refractivity contribution is -0.669. The van der Waals surface area contributed by atoms with Crippen LogP contribution in [0, 0.1) is 0 Å². The van der Waals surface area contributed by atoms with Crippen LogP contribution in [0.15, 0.2) is 78.8 Å². The summed E-state index contributed by atoms with van der Waals surface area (Å²) in [7, 11) is -4.33. The molecule has 10 heteroatoms. The van der Waals surface area contributed by atoms with Crippen LogP contribution in [-0.2, 0) is 16.7 Å². The van der Waals surface area contributed by atoms with Crippen LogP contribution >= 0.6 is 22.9 Å². The van der Waals surface area contributed by atoms with E-state index in [0.29, 0.717) is 23.2 Å². The Labute approximate surface area is 242 Å². The summed E-state index contributed by atoms with van der Waals surface area (Å²) in [5, 5.41) is 2.83. The number of anilines is 1. The molecule has 1 aliphatic heterocycles. The van der Waals surface area contributed by atoms with Gasteiger partial charge in [0.15, 0.2) is 12.3 Å². The molecule has 0 saturated heterocycles. The van der Waals surface area contributed by atoms with Gasteiger partial charge in [-0.1, -0.05) is 54.5 Å². The summed E-state index contributed by atoms with van der Waals surface area (Å²) in [4.78, 5) is 1.97. The van der Waals surface area contributed by atoms with Crippen molar-refractivity contribution in [2.24, 2.45) is 0 Å². The zero-order chi connectivity index (χ0) is 27.9. The molecule has 0 bridgehead atoms. The first-order valence-corrected chi connectivity index (χ1v) is 16.0. The minimum Gasteiger partial charge on any atom is -0.748 e. The second-order valence-electron chi connectivity index (χ2n) is 9.81. The van der Waals surface area contributed by atoms with E-state index in [-0.39, 0.29) is 6.42 Å². The van der Waals surface area contributed by atoms with E-state index in [9.17, 15) is 13.0 Å². The molecule has 2 aromatic heterocycles. The van der Waals surface area contributed by atoms with E-state index in [1.807, 2.05) is 65.7 Å². The van der Waals surface area contributed by atoms with E-state index < -0.39 is 15.9 Å². The Bertz CT molecular complexity index is 1860. The number of aromatic nitrogens is 2. The second-order valence-corrected chi connectivity index (χ2v) is 12.8. The molecule has 0 N–H and O–H groups in total. The number of aryl methyl sites for hydroxylation is 1. The Hall–Kier alpha value is -3.37. The first kappa shape index (κ1) is 26.8. The van der Waals surface area contributed by atoms with Gasteiger partial charge in [-0.3, -0.25) is 0 Å². The van der Waals surface area contributed by atoms with Crippen LogP contribution in [0.5, 0.6) is 5.75 Å². The summed E-state index contributed by atoms with van der Waals surface area (Å²) in [5.41, 5.74) is 3.94. The standard InChI is InChI=1S/C30H28ClN3O4S2/c1-2-3-14-34-26-18-22(31)9-12-28(26)39-30(34)20-29-33(15-6-17-40(35,36)37)25-19-23(10-11-27(25)38-29)32-16-13-21-7-4-5-8-24(21)32/h4-5,7-13,16,18-20H,2-3,6,14-15,17H2,1H3. The molecule has 6 rings (SSSR count). The van der Waals surface area contributed by atoms with Crippen molar-refractivity contribution in [1.29, 1.82) is 0 Å². The zero-order valence-corrected chi connectivity index (χ0v) is 24.3. The SMILES string of the molecule is CCCC[n+]1c(/C=C2\Oc3ccc(-n4ccc5ccccc54)cc3N2CCCS(=O)(=O)[O-])sc2ccc(Cl)cc21. The second kappa shape index (κ2) is 10.9. The fourth-order valence-corrected chi connectivity index (χ4v) is 6.86. The molecule has 7 nitrogen and oxygen atoms in total. The van der Waals surface area contributed by atoms with E-state index in [1.54, 1.807) is 11.3 Å². The minimum absolute atomic E-state index is 0.181. The predicted octanol–water partition coefficient (Wildman–Crippen LogP) is 6.72. The van der Waals surface area contributed by atoms with Crippen LogP contribution in [0.1, 0.15) is 31.2 Å². The summed E-state index contributed by atoms with van der Waals surface area (Å²) in [5.74, 6) is 0.836. The number of fused-ring (bicyclic) bond motifs is 3. The zero-order valence-electron chi connectivity index (χ0n) is 21.9. The van der Waals surface area contributed by atoms with Crippen molar-refractivity contribution >= 4 is 65.9 Å². The van der Waals surface area contributed by atoms with Gasteiger partial charge in [0, 0.05) is 41.7 Å². The summed E-state index contributed by atoms with van der Waals surface area (Å²) in [6, 6.07) is 22.2. The smallest absolute Gasteiger partial charge is 0.268 e. The van der Waals surface area contributed by atoms with Crippen molar-refractivity contribution in [3.8, 4) is 11.4 Å². The molecule has 40 heavy (non-hydrogen) atoms. The van der Waals surface area contributed by atoms with Crippen molar-refractivity contribution in [1.82, 2.24) is 4.57 Å². The number of ether oxygens (including phenoxy) is 1. The van der Waals surface area contributed by atoms with Crippen molar-refractivity contribution in [3.63, 3.8) is 0 Å². The third kappa shape index (κ3) is 5.34. The molecule has 0 amide bonds. The Balaban J connectivity index is 1.43. The monoisotopic (exact) mass is 593 g/mol. The average molecular weight is 594 g/mol. The number of hydrogen-bond acceptors (Lipinski definition) is 6. The van der Waals surface area contributed by atoms with Crippen LogP contribution < -0.4 is 14.2 Å². The van der Waals surface area contributed by atoms with Crippen LogP contribution in [0.4, 0.5) is 5.69 Å². The van der Waals surface area contributed by atoms with Crippen molar-refractivity contribution in [2.75, 3.05) is 17.2 Å². The number of nitrogens with zero attached hydrogens (tertiary/aromatic N) is 3. The highest BCUT2D eigenvalue weighted by Crippen LogP contribution is 2.42. The van der Waals surface area contributed by atoms with Crippen molar-refractivity contribution in [3.05, 3.63) is 88.8 Å². The lowest BCUT2D eigenvalue weighted by Gasteiger charge is -2.19. The van der Waals surface area contributed by atoms with Gasteiger partial charge in [-0.25, -0.2) is 8.42 Å². The number of halogens is 1. The molecule has 206 valence electrons. The van der Waals surface area contributed by atoms with Crippen LogP contribution in [0.25, 0.3) is 32.9 Å². The number of thiazole rings is 1. The number of unbranched alkanes of at least 4 members (excludes halogenated alkanes) is 1. The largest absolute Gasteiger partial charge is 0.748 e. The molecular weight excluding hydrogens is 566 g/mol. The number of rotatable bonds is 9. The van der Waals surface area contributed by atoms with Gasteiger partial charge in [-0.2, -0.15) is 4.57 Å². The molecule has 3 heterocycles. The molecule has 0 radical (unpaired) electrons. The quantitative estimate of drug-likeness (QED) is 0.140. The Morgan fingerprint density at radius 2 is 1.93 bits per heavy atom. The molecule has 3 aromatic carbocycles. The van der Waals surface area contributed by atoms with Gasteiger partial charge in [0.25, 0.3) is 5.01 Å². The van der Waals surface area contributed by atoms with E-state index in [4.69, 9.17) is 16.3 Å². The molecule has 0 unspecified atom stereocenters. The third-order valence-corrected chi connectivity index (χ3v) is 9.18. The van der Waals surface area contributed by atoms with Gasteiger partial charge >= 0.3 is 0 Å². The van der Waals surface area contributed by atoms with E-state index in [2.05, 4.69) is 34.3 Å². The Kier molecular flexibility index (Phi) is 7.31. The lowest BCUT2D eigenvalue weighted by Crippen LogP contribution is -2.35. The first-order chi connectivity index (χ1) is 19.3. The van der Waals surface area contributed by atoms with Crippen LogP contribution in [0.2, 0.25) is 5.02 Å². The van der Waals surface area contributed by atoms with Gasteiger partial charge in [-0.05, 0) is 54.3 Å². The molecule has 0 saturated carbocycles. The van der Waals surface area contributed by atoms with E-state index in [0.717, 1.165) is 56.9 Å². The molecule has 0 spiro atoms. The minimum atomic E-state index is -4.33. The van der Waals surface area contributed by atoms with Crippen LogP contribution in [-0.4, -0.2) is 29.8 Å². The predicted molar refractivity (Wildman–Crippen MR) is 160 cm³/mol. The molecule has 0 fully saturated rings. The highest BCUT2D eigenvalue weighted by molar-refractivity contribution is 7.85. The first-order valence-electron chi connectivity index (χ1n) is 13.2. The van der Waals surface area contributed by atoms with Gasteiger partial charge < -0.3 is 18.8 Å². The number of para-hydroxylation sites is 1. The van der Waals surface area contributed by atoms with Crippen LogP contribution in [0.3, 0.4) is 0 Å². The lowest BCUT2D eigenvalue weighted by atomic mass is 10.2. The summed E-state index contributed by atoms with van der Waals surface area (Å²) in [6.45, 7) is 3.32. The summed E-state index contributed by atoms with van der Waals surface area (Å²) < 4.78 is 46.0. The van der Waals surface area contributed by atoms with Gasteiger partial charge in [0.1, 0.15) is 4.70 Å². The topological polar surface area (TPSA) is 78.5 Å². The Morgan fingerprint density at radius 1 is 1.07 bits per heavy atom. The van der Waals surface area contributed by atoms with Gasteiger partial charge in [-0.15, -0.1) is 0 Å². The average Bonchev–Trinajstić information content (AvgIpc) is 3.60. The number of benzene rings is 3. The number of hydrogen-bond donors (Lipinski definition) is 0. The fourth-order valence-electron chi connectivity index (χ4n) is 5.12. The normalized spacial score (nSPS) is 14.4. The van der Waals surface area contributed by atoms with Gasteiger partial charge in [0.05, 0.1) is 27.4 Å². The maximum Gasteiger partial charge on any atom is 0.268 e. The molecular formula is C30H28ClN3O4S2. The maximum absolute atomic E-state index is 11.4. The van der Waals surface area contributed by atoms with E-state index >= 15 is 0 Å². The summed E-state index contributed by atoms with van der Waals surface area (Å²) in [6.07, 6.45) is 6.28. The summed E-state index contributed by atoms with van der Waals surface area (Å²) >= 11 is 7.99. The van der Waals surface area contributed by atoms with Crippen molar-refractivity contribution < 1.29 is 22.3 Å². The molecule has 1 aliphatic rings. The fraction of sp³-hybridized carbons (Fsp3) is 0.233. The van der Waals surface area contributed by atoms with Crippen molar-refractivity contribution in [2.45, 2.75) is 32.7 Å². The molecule has 0 aliphatic carbocycles. The molecule has 5 aromatic rings. The van der Waals surface area contributed by atoms with E-state index in [1.165, 1.54) is 0 Å².